The zero-order valence-corrected chi connectivity index (χ0v) is 43.2. The highest BCUT2D eigenvalue weighted by Crippen LogP contribution is 2.34. The first-order valence-electron chi connectivity index (χ1n) is 24.6. The number of aromatic nitrogens is 4. The van der Waals surface area contributed by atoms with Crippen LogP contribution in [0.1, 0.15) is 63.8 Å². The fraction of sp³-hybridized carbons (Fsp3) is 0.321. The van der Waals surface area contributed by atoms with Crippen LogP contribution in [0.4, 0.5) is 34.1 Å². The number of nitrogen functional groups attached to an aromatic ring is 2. The molecule has 0 aliphatic carbocycles. The van der Waals surface area contributed by atoms with Gasteiger partial charge >= 0.3 is 0 Å². The number of nitrogens with two attached hydrogens (primary N) is 2. The van der Waals surface area contributed by atoms with Gasteiger partial charge in [-0.15, -0.1) is 11.6 Å². The number of imidazole rings is 2. The third kappa shape index (κ3) is 12.1. The molecule has 73 heavy (non-hydrogen) atoms. The highest BCUT2D eigenvalue weighted by atomic mass is 35.5. The molecule has 10 rings (SSSR count). The molecule has 380 valence electrons. The molecule has 0 unspecified atom stereocenters. The van der Waals surface area contributed by atoms with Gasteiger partial charge in [0.2, 0.25) is 0 Å². The van der Waals surface area contributed by atoms with E-state index in [0.717, 1.165) is 108 Å². The van der Waals surface area contributed by atoms with Crippen molar-refractivity contribution < 1.29 is 9.85 Å². The van der Waals surface area contributed by atoms with E-state index >= 15 is 0 Å². The summed E-state index contributed by atoms with van der Waals surface area (Å²) in [5.74, 6) is 2.00. The molecule has 6 aromatic carbocycles. The highest BCUT2D eigenvalue weighted by molar-refractivity contribution is 6.17. The highest BCUT2D eigenvalue weighted by Gasteiger charge is 2.24. The molecule has 0 bridgehead atoms. The molecule has 2 aliphatic rings. The molecule has 0 saturated carbocycles. The maximum absolute atomic E-state index is 11.2. The molecule has 0 atom stereocenters. The number of halogens is 1. The van der Waals surface area contributed by atoms with Crippen LogP contribution < -0.4 is 26.6 Å². The number of nitro groups is 2. The van der Waals surface area contributed by atoms with Crippen LogP contribution in [0.5, 0.6) is 0 Å². The first-order chi connectivity index (χ1) is 34.9. The summed E-state index contributed by atoms with van der Waals surface area (Å²) in [6, 6.07) is 39.7. The summed E-state index contributed by atoms with van der Waals surface area (Å²) < 4.78 is 0. The van der Waals surface area contributed by atoms with Gasteiger partial charge in [-0.2, -0.15) is 0 Å². The van der Waals surface area contributed by atoms with E-state index in [4.69, 9.17) is 33.0 Å². The van der Waals surface area contributed by atoms with Crippen LogP contribution in [0.3, 0.4) is 0 Å². The van der Waals surface area contributed by atoms with Crippen molar-refractivity contribution in [1.29, 1.82) is 0 Å². The van der Waals surface area contributed by atoms with E-state index < -0.39 is 9.85 Å². The van der Waals surface area contributed by atoms with Gasteiger partial charge in [-0.25, -0.2) is 9.97 Å². The lowest BCUT2D eigenvalue weighted by atomic mass is 9.87. The number of rotatable bonds is 9. The van der Waals surface area contributed by atoms with Crippen LogP contribution in [0.25, 0.3) is 44.8 Å². The number of benzene rings is 6. The van der Waals surface area contributed by atoms with Crippen LogP contribution in [0.2, 0.25) is 0 Å². The standard InChI is InChI=1S/C28H32N6O2.C21H26N4.C7H7ClN2O2/c1-28(2,3)21-12-10-19(11-13-21)27-30-22-7-5-9-24(26(22)31-27)33-16-14-32(15-17-33)18-20-6-4-8-23(25(20)29)34(35)36;1-21(2,3)16-9-7-15(8-10-16)20-23-17-5-4-6-18(19(17)24-20)25-13-11-22-12-14-25;8-4-5-2-1-3-6(7(5)9)10(11)12/h4-13H,14-18,29H2,1-3H3,(H,30,31);4-10,22H,11-14H2,1-3H3,(H,23,24);1-3H,4,9H2. The van der Waals surface area contributed by atoms with Crippen LogP contribution in [0, 0.1) is 20.2 Å². The monoisotopic (exact) mass is 1000 g/mol. The topological polar surface area (TPSA) is 217 Å². The summed E-state index contributed by atoms with van der Waals surface area (Å²) >= 11 is 5.51. The number of alkyl halides is 1. The van der Waals surface area contributed by atoms with E-state index in [0.29, 0.717) is 12.1 Å². The molecule has 0 radical (unpaired) electrons. The number of H-pyrrole nitrogens is 2. The van der Waals surface area contributed by atoms with Crippen LogP contribution in [0.15, 0.2) is 121 Å². The number of piperazine rings is 2. The lowest BCUT2D eigenvalue weighted by Gasteiger charge is -2.36. The van der Waals surface area contributed by atoms with Crippen molar-refractivity contribution in [3.8, 4) is 22.8 Å². The number of fused-ring (bicyclic) bond motifs is 2. The van der Waals surface area contributed by atoms with Crippen molar-refractivity contribution in [3.05, 3.63) is 164 Å². The minimum Gasteiger partial charge on any atom is -0.393 e. The van der Waals surface area contributed by atoms with E-state index in [1.54, 1.807) is 18.2 Å². The van der Waals surface area contributed by atoms with E-state index in [2.05, 4.69) is 156 Å². The molecule has 8 aromatic rings. The minimum atomic E-state index is -0.522. The number of nitro benzene ring substituents is 2. The molecule has 7 N–H and O–H groups in total. The predicted octanol–water partition coefficient (Wildman–Crippen LogP) is 11.2. The van der Waals surface area contributed by atoms with Gasteiger partial charge in [0.15, 0.2) is 0 Å². The first-order valence-corrected chi connectivity index (χ1v) is 25.1. The van der Waals surface area contributed by atoms with Crippen molar-refractivity contribution in [1.82, 2.24) is 30.2 Å². The average Bonchev–Trinajstić information content (AvgIpc) is 4.03. The van der Waals surface area contributed by atoms with Crippen molar-refractivity contribution in [2.45, 2.75) is 64.8 Å². The molecule has 0 amide bonds. The second-order valence-electron chi connectivity index (χ2n) is 20.5. The van der Waals surface area contributed by atoms with Gasteiger partial charge in [-0.05, 0) is 57.3 Å². The zero-order chi connectivity index (χ0) is 52.0. The van der Waals surface area contributed by atoms with E-state index in [1.165, 1.54) is 28.9 Å². The number of nitrogens with zero attached hydrogens (tertiary/aromatic N) is 7. The van der Waals surface area contributed by atoms with Crippen LogP contribution >= 0.6 is 11.6 Å². The van der Waals surface area contributed by atoms with Crippen LogP contribution in [-0.2, 0) is 23.3 Å². The zero-order valence-electron chi connectivity index (χ0n) is 42.4. The first kappa shape index (κ1) is 51.8. The lowest BCUT2D eigenvalue weighted by Crippen LogP contribution is -2.46. The number of para-hydroxylation sites is 4. The molecule has 2 saturated heterocycles. The maximum atomic E-state index is 11.2. The Hall–Kier alpha value is -7.53. The van der Waals surface area contributed by atoms with E-state index in [9.17, 15) is 20.2 Å². The lowest BCUT2D eigenvalue weighted by molar-refractivity contribution is -0.384. The van der Waals surface area contributed by atoms with Crippen molar-refractivity contribution in [2.24, 2.45) is 0 Å². The van der Waals surface area contributed by atoms with Crippen molar-refractivity contribution in [2.75, 3.05) is 73.6 Å². The molecular weight excluding hydrogens is 940 g/mol. The Morgan fingerprint density at radius 2 is 0.973 bits per heavy atom. The maximum Gasteiger partial charge on any atom is 0.292 e. The number of nitrogens with one attached hydrogen (secondary N) is 3. The van der Waals surface area contributed by atoms with Crippen molar-refractivity contribution >= 4 is 67.8 Å². The number of hydrogen-bond donors (Lipinski definition) is 5. The van der Waals surface area contributed by atoms with E-state index in [1.807, 2.05) is 6.07 Å². The van der Waals surface area contributed by atoms with Gasteiger partial charge in [-0.1, -0.05) is 126 Å². The van der Waals surface area contributed by atoms with Gasteiger partial charge < -0.3 is 36.6 Å². The Kier molecular flexibility index (Phi) is 15.7. The third-order valence-corrected chi connectivity index (χ3v) is 13.8. The van der Waals surface area contributed by atoms with Gasteiger partial charge in [0.05, 0.1) is 32.3 Å². The fourth-order valence-corrected chi connectivity index (χ4v) is 9.37. The quantitative estimate of drug-likeness (QED) is 0.0395. The SMILES string of the molecule is CC(C)(C)c1ccc(-c2nc3c(N4CCN(Cc5cccc([N+](=O)[O-])c5N)CC4)cccc3[nH]2)cc1.CC(C)(C)c1ccc(-c2nc3c(N4CCNCC4)cccc3[nH]2)cc1.Nc1c(CCl)cccc1[N+](=O)[O-]. The Labute approximate surface area is 431 Å². The molecule has 2 fully saturated rings. The smallest absolute Gasteiger partial charge is 0.292 e. The number of hydrogen-bond acceptors (Lipinski definition) is 12. The molecule has 17 heteroatoms. The fourth-order valence-electron chi connectivity index (χ4n) is 9.14. The Morgan fingerprint density at radius 3 is 1.40 bits per heavy atom. The molecule has 0 spiro atoms. The summed E-state index contributed by atoms with van der Waals surface area (Å²) in [4.78, 5) is 44.6. The molecule has 2 aromatic heterocycles. The van der Waals surface area contributed by atoms with Gasteiger partial charge in [0, 0.05) is 88.0 Å². The largest absolute Gasteiger partial charge is 0.393 e. The summed E-state index contributed by atoms with van der Waals surface area (Å²) in [7, 11) is 0. The predicted molar refractivity (Wildman–Crippen MR) is 298 cm³/mol. The van der Waals surface area contributed by atoms with Gasteiger partial charge in [-0.3, -0.25) is 25.1 Å². The summed E-state index contributed by atoms with van der Waals surface area (Å²) in [6.45, 7) is 21.4. The normalized spacial score (nSPS) is 14.3. The molecule has 16 nitrogen and oxygen atoms in total. The molecular formula is C56H65ClN12O4. The number of anilines is 4. The van der Waals surface area contributed by atoms with Gasteiger partial charge in [0.25, 0.3) is 11.4 Å². The summed E-state index contributed by atoms with van der Waals surface area (Å²) in [6.07, 6.45) is 0. The van der Waals surface area contributed by atoms with Crippen molar-refractivity contribution in [3.63, 3.8) is 0 Å². The summed E-state index contributed by atoms with van der Waals surface area (Å²) in [5.41, 5.74) is 24.9. The molecule has 4 heterocycles. The second-order valence-corrected chi connectivity index (χ2v) is 20.8. The van der Waals surface area contributed by atoms with E-state index in [-0.39, 0.29) is 39.5 Å². The average molecular weight is 1010 g/mol. The Balaban J connectivity index is 0.000000165. The van der Waals surface area contributed by atoms with Crippen LogP contribution in [-0.4, -0.2) is 87.0 Å². The second kappa shape index (κ2) is 22.1. The Bertz CT molecular complexity index is 3200. The molecule has 2 aliphatic heterocycles. The Morgan fingerprint density at radius 1 is 0.562 bits per heavy atom. The minimum absolute atomic E-state index is 0.0276. The number of aromatic amines is 2. The third-order valence-electron chi connectivity index (χ3n) is 13.5. The van der Waals surface area contributed by atoms with Gasteiger partial charge in [0.1, 0.15) is 34.1 Å². The summed E-state index contributed by atoms with van der Waals surface area (Å²) in [5, 5.41) is 25.0.